The van der Waals surface area contributed by atoms with E-state index >= 15 is 0 Å². The van der Waals surface area contributed by atoms with Gasteiger partial charge in [-0.2, -0.15) is 12.6 Å². The first kappa shape index (κ1) is 17.7. The number of methoxy groups -OCH3 is 1. The van der Waals surface area contributed by atoms with Crippen molar-refractivity contribution in [1.29, 1.82) is 0 Å². The minimum atomic E-state index is -0.203. The molecule has 0 spiro atoms. The second-order valence-electron chi connectivity index (χ2n) is 5.01. The molecule has 0 amide bonds. The van der Waals surface area contributed by atoms with Crippen LogP contribution in [0.1, 0.15) is 5.82 Å². The van der Waals surface area contributed by atoms with Crippen molar-refractivity contribution < 1.29 is 14.2 Å². The molecule has 0 aliphatic heterocycles. The van der Waals surface area contributed by atoms with E-state index < -0.39 is 0 Å². The Morgan fingerprint density at radius 3 is 2.96 bits per heavy atom. The van der Waals surface area contributed by atoms with Gasteiger partial charge in [0.25, 0.3) is 5.56 Å². The van der Waals surface area contributed by atoms with Crippen LogP contribution < -0.4 is 15.0 Å². The first-order valence-corrected chi connectivity index (χ1v) is 9.01. The lowest BCUT2D eigenvalue weighted by atomic mass is 10.2. The molecule has 2 aromatic heterocycles. The molecule has 2 heterocycles. The van der Waals surface area contributed by atoms with Gasteiger partial charge in [-0.1, -0.05) is 11.3 Å². The lowest BCUT2D eigenvalue weighted by Gasteiger charge is -2.14. The number of benzene rings is 1. The van der Waals surface area contributed by atoms with E-state index in [0.717, 1.165) is 0 Å². The molecule has 0 N–H and O–H groups in total. The van der Waals surface area contributed by atoms with E-state index in [1.165, 1.54) is 15.9 Å². The Labute approximate surface area is 153 Å². The molecule has 0 unspecified atom stereocenters. The van der Waals surface area contributed by atoms with Crippen molar-refractivity contribution in [2.75, 3.05) is 19.5 Å². The molecule has 0 saturated carbocycles. The molecule has 0 aliphatic rings. The molecular formula is C16H17N3O4S2. The fourth-order valence-corrected chi connectivity index (χ4v) is 2.85. The summed E-state index contributed by atoms with van der Waals surface area (Å²) >= 11 is 5.49. The maximum atomic E-state index is 12.9. The van der Waals surface area contributed by atoms with E-state index in [2.05, 4.69) is 22.6 Å². The van der Waals surface area contributed by atoms with E-state index in [1.807, 2.05) is 0 Å². The third kappa shape index (κ3) is 4.12. The van der Waals surface area contributed by atoms with Crippen LogP contribution in [0.5, 0.6) is 10.8 Å². The predicted molar refractivity (Wildman–Crippen MR) is 98.8 cm³/mol. The number of aromatic nitrogens is 3. The van der Waals surface area contributed by atoms with Crippen LogP contribution in [0.2, 0.25) is 0 Å². The first-order chi connectivity index (χ1) is 12.2. The van der Waals surface area contributed by atoms with Gasteiger partial charge in [-0.15, -0.1) is 0 Å². The molecule has 25 heavy (non-hydrogen) atoms. The van der Waals surface area contributed by atoms with Crippen LogP contribution in [0.25, 0.3) is 10.9 Å². The summed E-state index contributed by atoms with van der Waals surface area (Å²) in [5, 5.41) is 1.13. The smallest absolute Gasteiger partial charge is 0.263 e. The SMILES string of the molecule is COc1ccc2nc(COc3cncs3)n(COCCS)c(=O)c2c1. The van der Waals surface area contributed by atoms with Gasteiger partial charge >= 0.3 is 0 Å². The van der Waals surface area contributed by atoms with Crippen molar-refractivity contribution in [2.24, 2.45) is 0 Å². The van der Waals surface area contributed by atoms with E-state index in [0.29, 0.717) is 39.9 Å². The summed E-state index contributed by atoms with van der Waals surface area (Å²) in [7, 11) is 1.56. The maximum absolute atomic E-state index is 12.9. The van der Waals surface area contributed by atoms with Gasteiger partial charge in [0.15, 0.2) is 10.9 Å². The topological polar surface area (TPSA) is 75.5 Å². The van der Waals surface area contributed by atoms with Crippen molar-refractivity contribution in [2.45, 2.75) is 13.3 Å². The van der Waals surface area contributed by atoms with Crippen molar-refractivity contribution in [3.8, 4) is 10.8 Å². The van der Waals surface area contributed by atoms with Crippen molar-refractivity contribution >= 4 is 34.9 Å². The van der Waals surface area contributed by atoms with Crippen LogP contribution in [0, 0.1) is 0 Å². The van der Waals surface area contributed by atoms with Gasteiger partial charge in [0.05, 0.1) is 36.3 Å². The second-order valence-corrected chi connectivity index (χ2v) is 6.31. The molecule has 0 aliphatic carbocycles. The lowest BCUT2D eigenvalue weighted by molar-refractivity contribution is 0.0821. The molecule has 9 heteroatoms. The number of ether oxygens (including phenoxy) is 3. The van der Waals surface area contributed by atoms with Gasteiger partial charge in [-0.05, 0) is 18.2 Å². The highest BCUT2D eigenvalue weighted by molar-refractivity contribution is 7.80. The molecule has 0 fully saturated rings. The highest BCUT2D eigenvalue weighted by Gasteiger charge is 2.13. The molecule has 3 aromatic rings. The minimum absolute atomic E-state index is 0.0843. The van der Waals surface area contributed by atoms with Gasteiger partial charge in [-0.3, -0.25) is 9.36 Å². The average Bonchev–Trinajstić information content (AvgIpc) is 3.15. The molecule has 7 nitrogen and oxygen atoms in total. The Balaban J connectivity index is 1.99. The van der Waals surface area contributed by atoms with E-state index in [9.17, 15) is 4.79 Å². The van der Waals surface area contributed by atoms with Crippen LogP contribution in [-0.2, 0) is 18.1 Å². The van der Waals surface area contributed by atoms with Gasteiger partial charge in [0.2, 0.25) is 0 Å². The number of fused-ring (bicyclic) bond motifs is 1. The summed E-state index contributed by atoms with van der Waals surface area (Å²) in [4.78, 5) is 21.4. The van der Waals surface area contributed by atoms with Gasteiger partial charge in [0.1, 0.15) is 19.1 Å². The van der Waals surface area contributed by atoms with Crippen molar-refractivity contribution in [1.82, 2.24) is 14.5 Å². The van der Waals surface area contributed by atoms with Crippen LogP contribution in [0.3, 0.4) is 0 Å². The highest BCUT2D eigenvalue weighted by Crippen LogP contribution is 2.19. The molecule has 0 bridgehead atoms. The largest absolute Gasteiger partial charge is 0.497 e. The predicted octanol–water partition coefficient (Wildman–Crippen LogP) is 2.34. The Bertz CT molecular complexity index is 896. The molecule has 132 valence electrons. The molecule has 3 rings (SSSR count). The summed E-state index contributed by atoms with van der Waals surface area (Å²) < 4.78 is 17.8. The maximum Gasteiger partial charge on any atom is 0.263 e. The molecule has 0 atom stereocenters. The number of thiol groups is 1. The van der Waals surface area contributed by atoms with E-state index in [4.69, 9.17) is 14.2 Å². The second kappa shape index (κ2) is 8.32. The standard InChI is InChI=1S/C16H17N3O4S2/c1-21-11-2-3-13-12(6-11)16(20)19(10-22-4-5-24)14(18-13)8-23-15-7-17-9-25-15/h2-3,6-7,9,24H,4-5,8,10H2,1H3. The third-order valence-corrected chi connectivity index (χ3v) is 4.31. The molecular weight excluding hydrogens is 362 g/mol. The summed E-state index contributed by atoms with van der Waals surface area (Å²) in [5.74, 6) is 1.65. The fraction of sp³-hybridized carbons (Fsp3) is 0.312. The van der Waals surface area contributed by atoms with Crippen LogP contribution in [0.4, 0.5) is 0 Å². The zero-order valence-corrected chi connectivity index (χ0v) is 15.3. The summed E-state index contributed by atoms with van der Waals surface area (Å²) in [5.41, 5.74) is 2.06. The summed E-state index contributed by atoms with van der Waals surface area (Å²) in [6.45, 7) is 0.658. The Morgan fingerprint density at radius 2 is 2.24 bits per heavy atom. The lowest BCUT2D eigenvalue weighted by Crippen LogP contribution is -2.27. The molecule has 0 radical (unpaired) electrons. The zero-order chi connectivity index (χ0) is 17.6. The first-order valence-electron chi connectivity index (χ1n) is 7.50. The van der Waals surface area contributed by atoms with Crippen LogP contribution in [0.15, 0.2) is 34.7 Å². The third-order valence-electron chi connectivity index (χ3n) is 3.45. The Kier molecular flexibility index (Phi) is 5.90. The van der Waals surface area contributed by atoms with E-state index in [-0.39, 0.29) is 18.9 Å². The minimum Gasteiger partial charge on any atom is -0.497 e. The number of rotatable bonds is 8. The number of hydrogen-bond acceptors (Lipinski definition) is 8. The van der Waals surface area contributed by atoms with Crippen molar-refractivity contribution in [3.63, 3.8) is 0 Å². The summed E-state index contributed by atoms with van der Waals surface area (Å²) in [6.07, 6.45) is 1.62. The van der Waals surface area contributed by atoms with Crippen LogP contribution >= 0.6 is 24.0 Å². The Hall–Kier alpha value is -2.10. The van der Waals surface area contributed by atoms with Gasteiger partial charge < -0.3 is 14.2 Å². The Morgan fingerprint density at radius 1 is 1.36 bits per heavy atom. The summed E-state index contributed by atoms with van der Waals surface area (Å²) in [6, 6.07) is 5.20. The highest BCUT2D eigenvalue weighted by atomic mass is 32.1. The number of thiazole rings is 1. The number of hydrogen-bond donors (Lipinski definition) is 1. The van der Waals surface area contributed by atoms with Crippen LogP contribution in [-0.4, -0.2) is 34.0 Å². The quantitative estimate of drug-likeness (QED) is 0.478. The molecule has 1 aromatic carbocycles. The van der Waals surface area contributed by atoms with E-state index in [1.54, 1.807) is 37.0 Å². The molecule has 0 saturated heterocycles. The zero-order valence-electron chi connectivity index (χ0n) is 13.5. The normalized spacial score (nSPS) is 11.0. The van der Waals surface area contributed by atoms with Gasteiger partial charge in [-0.25, -0.2) is 9.97 Å². The average molecular weight is 379 g/mol. The number of nitrogens with zero attached hydrogens (tertiary/aromatic N) is 3. The van der Waals surface area contributed by atoms with Gasteiger partial charge in [0, 0.05) is 5.75 Å². The fourth-order valence-electron chi connectivity index (χ4n) is 2.25. The van der Waals surface area contributed by atoms with Crippen molar-refractivity contribution in [3.05, 3.63) is 46.1 Å². The monoisotopic (exact) mass is 379 g/mol.